The number of amides is 2. The number of hydrogen-bond acceptors (Lipinski definition) is 5. The average molecular weight is 284 g/mol. The van der Waals surface area contributed by atoms with Gasteiger partial charge in [-0.1, -0.05) is 23.4 Å². The Kier molecular flexibility index (Phi) is 2.86. The van der Waals surface area contributed by atoms with Crippen LogP contribution in [0.4, 0.5) is 5.69 Å². The van der Waals surface area contributed by atoms with Crippen LogP contribution < -0.4 is 4.90 Å². The van der Waals surface area contributed by atoms with Crippen molar-refractivity contribution in [2.24, 2.45) is 0 Å². The van der Waals surface area contributed by atoms with Gasteiger partial charge in [0.15, 0.2) is 5.76 Å². The number of carbonyl (C=O) groups is 2. The topological polar surface area (TPSA) is 83.6 Å². The number of aryl methyl sites for hydroxylation is 1. The first-order valence-corrected chi connectivity index (χ1v) is 6.32. The van der Waals surface area contributed by atoms with Crippen LogP contribution in [0.25, 0.3) is 11.3 Å². The monoisotopic (exact) mass is 284 g/mol. The van der Waals surface area contributed by atoms with Gasteiger partial charge in [-0.25, -0.2) is 4.90 Å². The van der Waals surface area contributed by atoms with Crippen molar-refractivity contribution < 1.29 is 19.2 Å². The van der Waals surface area contributed by atoms with Gasteiger partial charge < -0.3 is 9.63 Å². The summed E-state index contributed by atoms with van der Waals surface area (Å²) in [7, 11) is 0. The zero-order chi connectivity index (χ0) is 15.1. The van der Waals surface area contributed by atoms with Crippen molar-refractivity contribution in [3.8, 4) is 0 Å². The van der Waals surface area contributed by atoms with E-state index < -0.39 is 11.8 Å². The summed E-state index contributed by atoms with van der Waals surface area (Å²) in [4.78, 5) is 25.2. The van der Waals surface area contributed by atoms with Gasteiger partial charge >= 0.3 is 0 Å². The first kappa shape index (κ1) is 13.1. The normalized spacial score (nSPS) is 16.1. The van der Waals surface area contributed by atoms with Crippen LogP contribution >= 0.6 is 0 Å². The quantitative estimate of drug-likeness (QED) is 0.641. The molecule has 2 heterocycles. The standard InChI is InChI=1S/C15H12N2O4/c1-8-7-11(16-21-8)14(19)13-10-5-3-4-6-12(10)17(9(2)18)15(13)20/h3-7,19H,1-2H3. The number of aliphatic hydroxyl groups excluding tert-OH is 1. The highest BCUT2D eigenvalue weighted by molar-refractivity contribution is 6.42. The van der Waals surface area contributed by atoms with Crippen molar-refractivity contribution in [3.05, 3.63) is 47.3 Å². The van der Waals surface area contributed by atoms with Gasteiger partial charge in [0.05, 0.1) is 11.3 Å². The second kappa shape index (κ2) is 4.59. The molecule has 6 nitrogen and oxygen atoms in total. The molecule has 1 aromatic carbocycles. The van der Waals surface area contributed by atoms with E-state index >= 15 is 0 Å². The molecule has 0 unspecified atom stereocenters. The minimum absolute atomic E-state index is 0.0501. The summed E-state index contributed by atoms with van der Waals surface area (Å²) < 4.78 is 4.91. The van der Waals surface area contributed by atoms with E-state index in [4.69, 9.17) is 4.52 Å². The number of aliphatic hydroxyl groups is 1. The van der Waals surface area contributed by atoms with Gasteiger partial charge in [0.1, 0.15) is 11.5 Å². The fourth-order valence-electron chi connectivity index (χ4n) is 2.36. The maximum atomic E-state index is 12.5. The Morgan fingerprint density at radius 3 is 2.67 bits per heavy atom. The summed E-state index contributed by atoms with van der Waals surface area (Å²) in [5.41, 5.74) is 1.16. The highest BCUT2D eigenvalue weighted by Crippen LogP contribution is 2.39. The van der Waals surface area contributed by atoms with Gasteiger partial charge in [0.25, 0.3) is 5.91 Å². The molecule has 2 amide bonds. The molecule has 2 aromatic rings. The number of aromatic nitrogens is 1. The van der Waals surface area contributed by atoms with Crippen LogP contribution in [0.2, 0.25) is 0 Å². The molecular weight excluding hydrogens is 272 g/mol. The smallest absolute Gasteiger partial charge is 0.269 e. The maximum Gasteiger partial charge on any atom is 0.269 e. The molecule has 1 aliphatic rings. The summed E-state index contributed by atoms with van der Waals surface area (Å²) >= 11 is 0. The molecule has 1 N–H and O–H groups in total. The highest BCUT2D eigenvalue weighted by atomic mass is 16.5. The van der Waals surface area contributed by atoms with Gasteiger partial charge in [-0.2, -0.15) is 0 Å². The molecule has 0 radical (unpaired) electrons. The highest BCUT2D eigenvalue weighted by Gasteiger charge is 2.37. The van der Waals surface area contributed by atoms with E-state index in [1.54, 1.807) is 31.2 Å². The first-order valence-electron chi connectivity index (χ1n) is 6.32. The number of hydrogen-bond donors (Lipinski definition) is 1. The van der Waals surface area contributed by atoms with Gasteiger partial charge in [0, 0.05) is 18.6 Å². The lowest BCUT2D eigenvalue weighted by Gasteiger charge is -2.11. The van der Waals surface area contributed by atoms with Crippen molar-refractivity contribution in [1.82, 2.24) is 5.16 Å². The van der Waals surface area contributed by atoms with Crippen LogP contribution in [-0.4, -0.2) is 22.1 Å². The largest absolute Gasteiger partial charge is 0.505 e. The first-order chi connectivity index (χ1) is 10.0. The van der Waals surface area contributed by atoms with Crippen LogP contribution in [0.5, 0.6) is 0 Å². The number of carbonyl (C=O) groups excluding carboxylic acids is 2. The average Bonchev–Trinajstić information content (AvgIpc) is 2.98. The van der Waals surface area contributed by atoms with Gasteiger partial charge in [0.2, 0.25) is 5.91 Å². The van der Waals surface area contributed by atoms with E-state index in [0.29, 0.717) is 17.0 Å². The molecule has 6 heteroatoms. The molecule has 21 heavy (non-hydrogen) atoms. The number of rotatable bonds is 1. The molecule has 1 aromatic heterocycles. The number of para-hydroxylation sites is 1. The fourth-order valence-corrected chi connectivity index (χ4v) is 2.36. The second-order valence-corrected chi connectivity index (χ2v) is 4.72. The zero-order valence-corrected chi connectivity index (χ0v) is 11.5. The summed E-state index contributed by atoms with van der Waals surface area (Å²) in [5, 5.41) is 14.0. The molecule has 0 fully saturated rings. The Balaban J connectivity index is 2.24. The summed E-state index contributed by atoms with van der Waals surface area (Å²) in [6.45, 7) is 2.98. The zero-order valence-electron chi connectivity index (χ0n) is 11.5. The van der Waals surface area contributed by atoms with Crippen molar-refractivity contribution in [2.75, 3.05) is 4.90 Å². The number of nitrogens with zero attached hydrogens (tertiary/aromatic N) is 2. The van der Waals surface area contributed by atoms with Gasteiger partial charge in [-0.3, -0.25) is 9.59 Å². The van der Waals surface area contributed by atoms with Gasteiger partial charge in [-0.15, -0.1) is 0 Å². The summed E-state index contributed by atoms with van der Waals surface area (Å²) in [6, 6.07) is 8.31. The number of imide groups is 1. The minimum Gasteiger partial charge on any atom is -0.505 e. The molecule has 0 saturated heterocycles. The fraction of sp³-hybridized carbons (Fsp3) is 0.133. The second-order valence-electron chi connectivity index (χ2n) is 4.72. The molecule has 0 atom stereocenters. The van der Waals surface area contributed by atoms with Crippen molar-refractivity contribution in [2.45, 2.75) is 13.8 Å². The van der Waals surface area contributed by atoms with E-state index in [0.717, 1.165) is 4.90 Å². The van der Waals surface area contributed by atoms with Crippen LogP contribution in [0.3, 0.4) is 0 Å². The molecule has 0 spiro atoms. The van der Waals surface area contributed by atoms with Gasteiger partial charge in [-0.05, 0) is 13.0 Å². The number of anilines is 1. The van der Waals surface area contributed by atoms with Crippen LogP contribution in [0.15, 0.2) is 34.9 Å². The van der Waals surface area contributed by atoms with E-state index in [1.165, 1.54) is 13.0 Å². The Morgan fingerprint density at radius 1 is 1.33 bits per heavy atom. The number of benzene rings is 1. The Bertz CT molecular complexity index is 788. The van der Waals surface area contributed by atoms with E-state index in [-0.39, 0.29) is 17.0 Å². The molecule has 106 valence electrons. The van der Waals surface area contributed by atoms with Crippen molar-refractivity contribution in [1.29, 1.82) is 0 Å². The third-order valence-corrected chi connectivity index (χ3v) is 3.25. The van der Waals surface area contributed by atoms with Crippen molar-refractivity contribution in [3.63, 3.8) is 0 Å². The third-order valence-electron chi connectivity index (χ3n) is 3.25. The number of fused-ring (bicyclic) bond motifs is 1. The molecule has 0 saturated carbocycles. The Labute approximate surface area is 120 Å². The lowest BCUT2D eigenvalue weighted by molar-refractivity contribution is -0.122. The maximum absolute atomic E-state index is 12.5. The van der Waals surface area contributed by atoms with Crippen LogP contribution in [0, 0.1) is 6.92 Å². The summed E-state index contributed by atoms with van der Waals surface area (Å²) in [5.74, 6) is -0.763. The lowest BCUT2D eigenvalue weighted by atomic mass is 10.0. The van der Waals surface area contributed by atoms with E-state index in [2.05, 4.69) is 5.16 Å². The SMILES string of the molecule is CC(=O)N1C(=O)C(=C(O)c2cc(C)on2)c2ccccc21. The Morgan fingerprint density at radius 2 is 2.05 bits per heavy atom. The molecule has 0 bridgehead atoms. The third kappa shape index (κ3) is 1.92. The van der Waals surface area contributed by atoms with E-state index in [1.807, 2.05) is 0 Å². The molecule has 0 aliphatic carbocycles. The van der Waals surface area contributed by atoms with Crippen LogP contribution in [0.1, 0.15) is 23.9 Å². The van der Waals surface area contributed by atoms with Crippen molar-refractivity contribution >= 4 is 28.8 Å². The Hall–Kier alpha value is -2.89. The summed E-state index contributed by atoms with van der Waals surface area (Å²) in [6.07, 6.45) is 0. The molecule has 3 rings (SSSR count). The predicted molar refractivity (Wildman–Crippen MR) is 75.3 cm³/mol. The lowest BCUT2D eigenvalue weighted by Crippen LogP contribution is -2.31. The van der Waals surface area contributed by atoms with Crippen LogP contribution in [-0.2, 0) is 9.59 Å². The van der Waals surface area contributed by atoms with E-state index in [9.17, 15) is 14.7 Å². The minimum atomic E-state index is -0.568. The molecule has 1 aliphatic heterocycles. The predicted octanol–water partition coefficient (Wildman–Crippen LogP) is 2.30. The molecular formula is C15H12N2O4.